The lowest BCUT2D eigenvalue weighted by atomic mass is 10.1. The Labute approximate surface area is 165 Å². The normalized spacial score (nSPS) is 11.3. The number of methoxy groups -OCH3 is 1. The maximum absolute atomic E-state index is 12.7. The van der Waals surface area contributed by atoms with Crippen molar-refractivity contribution >= 4 is 23.5 Å². The van der Waals surface area contributed by atoms with Crippen LogP contribution in [0.15, 0.2) is 60.7 Å². The summed E-state index contributed by atoms with van der Waals surface area (Å²) in [6.45, 7) is 0. The molecule has 0 saturated heterocycles. The topological polar surface area (TPSA) is 84.5 Å². The van der Waals surface area contributed by atoms with E-state index in [1.165, 1.54) is 7.11 Å². The van der Waals surface area contributed by atoms with E-state index in [9.17, 15) is 14.4 Å². The number of unbranched alkanes of at least 4 members (excludes halogenated alkanes) is 2. The third kappa shape index (κ3) is 7.23. The van der Waals surface area contributed by atoms with Gasteiger partial charge in [-0.15, -0.1) is 0 Å². The molecule has 0 aliphatic carbocycles. The molecule has 28 heavy (non-hydrogen) atoms. The van der Waals surface area contributed by atoms with Crippen LogP contribution in [0.2, 0.25) is 0 Å². The van der Waals surface area contributed by atoms with Crippen molar-refractivity contribution < 1.29 is 19.1 Å². The van der Waals surface area contributed by atoms with Crippen LogP contribution >= 0.6 is 0 Å². The molecule has 6 nitrogen and oxygen atoms in total. The maximum atomic E-state index is 12.7. The molecule has 2 amide bonds. The third-order valence-electron chi connectivity index (χ3n) is 4.30. The third-order valence-corrected chi connectivity index (χ3v) is 4.30. The molecular formula is C22H26N2O4. The number of benzene rings is 2. The number of para-hydroxylation sites is 1. The largest absolute Gasteiger partial charge is 0.469 e. The number of amides is 2. The molecule has 1 atom stereocenters. The van der Waals surface area contributed by atoms with Crippen LogP contribution in [0.5, 0.6) is 0 Å². The molecule has 148 valence electrons. The Morgan fingerprint density at radius 3 is 2.18 bits per heavy atom. The van der Waals surface area contributed by atoms with E-state index in [1.807, 2.05) is 24.3 Å². The first-order valence-corrected chi connectivity index (χ1v) is 9.39. The van der Waals surface area contributed by atoms with Gasteiger partial charge < -0.3 is 15.4 Å². The first kappa shape index (κ1) is 21.2. The first-order chi connectivity index (χ1) is 13.6. The quantitative estimate of drug-likeness (QED) is 0.486. The zero-order valence-corrected chi connectivity index (χ0v) is 16.0. The average Bonchev–Trinajstić information content (AvgIpc) is 2.73. The zero-order valence-electron chi connectivity index (χ0n) is 16.0. The molecule has 0 heterocycles. The number of hydrogen-bond donors (Lipinski definition) is 2. The summed E-state index contributed by atoms with van der Waals surface area (Å²) in [6.07, 6.45) is 3.00. The monoisotopic (exact) mass is 382 g/mol. The fourth-order valence-corrected chi connectivity index (χ4v) is 2.75. The number of ether oxygens (including phenoxy) is 1. The van der Waals surface area contributed by atoms with Crippen molar-refractivity contribution in [3.8, 4) is 0 Å². The molecule has 0 saturated carbocycles. The SMILES string of the molecule is COC(=O)CCCCC[C@H](NC(=O)c1ccccc1)C(=O)Nc1ccccc1. The van der Waals surface area contributed by atoms with Crippen molar-refractivity contribution in [2.24, 2.45) is 0 Å². The van der Waals surface area contributed by atoms with Crippen LogP contribution in [0.25, 0.3) is 0 Å². The fourth-order valence-electron chi connectivity index (χ4n) is 2.75. The van der Waals surface area contributed by atoms with Crippen molar-refractivity contribution in [2.75, 3.05) is 12.4 Å². The number of hydrogen-bond acceptors (Lipinski definition) is 4. The second-order valence-corrected chi connectivity index (χ2v) is 6.42. The van der Waals surface area contributed by atoms with Gasteiger partial charge in [-0.05, 0) is 37.1 Å². The van der Waals surface area contributed by atoms with Crippen LogP contribution in [0, 0.1) is 0 Å². The van der Waals surface area contributed by atoms with E-state index in [0.717, 1.165) is 6.42 Å². The minimum Gasteiger partial charge on any atom is -0.469 e. The summed E-state index contributed by atoms with van der Waals surface area (Å²) in [4.78, 5) is 36.4. The van der Waals surface area contributed by atoms with Crippen LogP contribution in [0.3, 0.4) is 0 Å². The summed E-state index contributed by atoms with van der Waals surface area (Å²) >= 11 is 0. The Hall–Kier alpha value is -3.15. The van der Waals surface area contributed by atoms with Crippen molar-refractivity contribution in [1.29, 1.82) is 0 Å². The number of nitrogens with one attached hydrogen (secondary N) is 2. The summed E-state index contributed by atoms with van der Waals surface area (Å²) in [5.74, 6) is -0.789. The predicted molar refractivity (Wildman–Crippen MR) is 108 cm³/mol. The zero-order chi connectivity index (χ0) is 20.2. The van der Waals surface area contributed by atoms with E-state index in [1.54, 1.807) is 36.4 Å². The van der Waals surface area contributed by atoms with Crippen LogP contribution in [-0.4, -0.2) is 30.9 Å². The van der Waals surface area contributed by atoms with E-state index >= 15 is 0 Å². The van der Waals surface area contributed by atoms with Crippen LogP contribution in [0.1, 0.15) is 42.5 Å². The Bertz CT molecular complexity index is 763. The van der Waals surface area contributed by atoms with Gasteiger partial charge in [-0.25, -0.2) is 0 Å². The molecule has 0 fully saturated rings. The van der Waals surface area contributed by atoms with Crippen LogP contribution in [-0.2, 0) is 14.3 Å². The number of carbonyl (C=O) groups excluding carboxylic acids is 3. The van der Waals surface area contributed by atoms with Crippen molar-refractivity contribution in [2.45, 2.75) is 38.1 Å². The van der Waals surface area contributed by atoms with Gasteiger partial charge in [0.25, 0.3) is 5.91 Å². The molecule has 0 aliphatic rings. The second-order valence-electron chi connectivity index (χ2n) is 6.42. The van der Waals surface area contributed by atoms with E-state index in [0.29, 0.717) is 36.9 Å². The molecule has 2 aromatic carbocycles. The second kappa shape index (κ2) is 11.5. The Morgan fingerprint density at radius 1 is 0.893 bits per heavy atom. The first-order valence-electron chi connectivity index (χ1n) is 9.39. The average molecular weight is 382 g/mol. The highest BCUT2D eigenvalue weighted by Crippen LogP contribution is 2.11. The highest BCUT2D eigenvalue weighted by atomic mass is 16.5. The molecule has 0 radical (unpaired) electrons. The molecule has 2 N–H and O–H groups in total. The lowest BCUT2D eigenvalue weighted by molar-refractivity contribution is -0.140. The minimum absolute atomic E-state index is 0.240. The molecule has 2 rings (SSSR count). The summed E-state index contributed by atoms with van der Waals surface area (Å²) in [5.41, 5.74) is 1.18. The van der Waals surface area contributed by atoms with Gasteiger partial charge in [-0.2, -0.15) is 0 Å². The molecule has 0 aliphatic heterocycles. The van der Waals surface area contributed by atoms with Crippen molar-refractivity contribution in [1.82, 2.24) is 5.32 Å². The molecule has 0 unspecified atom stereocenters. The summed E-state index contributed by atoms with van der Waals surface area (Å²) in [7, 11) is 1.37. The maximum Gasteiger partial charge on any atom is 0.305 e. The fraction of sp³-hybridized carbons (Fsp3) is 0.318. The molecule has 2 aromatic rings. The highest BCUT2D eigenvalue weighted by Gasteiger charge is 2.21. The van der Waals surface area contributed by atoms with Gasteiger partial charge in [0, 0.05) is 17.7 Å². The Balaban J connectivity index is 1.95. The Morgan fingerprint density at radius 2 is 1.54 bits per heavy atom. The molecular weight excluding hydrogens is 356 g/mol. The van der Waals surface area contributed by atoms with Crippen molar-refractivity contribution in [3.63, 3.8) is 0 Å². The predicted octanol–water partition coefficient (Wildman–Crippen LogP) is 3.55. The van der Waals surface area contributed by atoms with Gasteiger partial charge in [0.15, 0.2) is 0 Å². The Kier molecular flexibility index (Phi) is 8.72. The van der Waals surface area contributed by atoms with Gasteiger partial charge in [-0.3, -0.25) is 14.4 Å². The minimum atomic E-state index is -0.661. The van der Waals surface area contributed by atoms with E-state index in [-0.39, 0.29) is 17.8 Å². The molecule has 0 aromatic heterocycles. The summed E-state index contributed by atoms with van der Waals surface area (Å²) in [6, 6.07) is 17.3. The van der Waals surface area contributed by atoms with Crippen molar-refractivity contribution in [3.05, 3.63) is 66.2 Å². The van der Waals surface area contributed by atoms with Gasteiger partial charge >= 0.3 is 5.97 Å². The lowest BCUT2D eigenvalue weighted by Crippen LogP contribution is -2.43. The molecule has 6 heteroatoms. The van der Waals surface area contributed by atoms with Gasteiger partial charge in [0.05, 0.1) is 7.11 Å². The lowest BCUT2D eigenvalue weighted by Gasteiger charge is -2.18. The van der Waals surface area contributed by atoms with Gasteiger partial charge in [0.2, 0.25) is 5.91 Å². The van der Waals surface area contributed by atoms with E-state index in [2.05, 4.69) is 15.4 Å². The highest BCUT2D eigenvalue weighted by molar-refractivity contribution is 6.01. The number of anilines is 1. The van der Waals surface area contributed by atoms with E-state index < -0.39 is 6.04 Å². The summed E-state index contributed by atoms with van der Waals surface area (Å²) < 4.78 is 4.62. The number of esters is 1. The standard InChI is InChI=1S/C22H26N2O4/c1-28-20(25)16-10-4-9-15-19(22(27)23-18-13-7-3-8-14-18)24-21(26)17-11-5-2-6-12-17/h2-3,5-8,11-14,19H,4,9-10,15-16H2,1H3,(H,23,27)(H,24,26)/t19-/m0/s1. The number of rotatable bonds is 10. The van der Waals surface area contributed by atoms with Gasteiger partial charge in [0.1, 0.15) is 6.04 Å². The van der Waals surface area contributed by atoms with E-state index in [4.69, 9.17) is 0 Å². The summed E-state index contributed by atoms with van der Waals surface area (Å²) in [5, 5.41) is 5.66. The van der Waals surface area contributed by atoms with Crippen LogP contribution in [0.4, 0.5) is 5.69 Å². The number of carbonyl (C=O) groups is 3. The molecule has 0 bridgehead atoms. The van der Waals surface area contributed by atoms with Gasteiger partial charge in [-0.1, -0.05) is 49.2 Å². The van der Waals surface area contributed by atoms with Crippen LogP contribution < -0.4 is 10.6 Å². The smallest absolute Gasteiger partial charge is 0.305 e. The molecule has 0 spiro atoms.